The quantitative estimate of drug-likeness (QED) is 0.0986. The molecule has 0 aromatic rings. The molecule has 0 aliphatic heterocycles. The van der Waals surface area contributed by atoms with Crippen molar-refractivity contribution < 1.29 is 49.1 Å². The highest BCUT2D eigenvalue weighted by Gasteiger charge is 2.35. The van der Waals surface area contributed by atoms with Crippen molar-refractivity contribution in [3.8, 4) is 0 Å². The molecule has 0 spiro atoms. The molecule has 0 radical (unpaired) electrons. The van der Waals surface area contributed by atoms with Gasteiger partial charge in [-0.05, 0) is 77.9 Å². The second-order valence-electron chi connectivity index (χ2n) is 8.93. The first-order valence-corrected chi connectivity index (χ1v) is 11.5. The minimum Gasteiger partial charge on any atom is -0.478 e. The van der Waals surface area contributed by atoms with Gasteiger partial charge in [0.2, 0.25) is 0 Å². The molecular formula is C26H38O10. The van der Waals surface area contributed by atoms with Crippen LogP contribution in [-0.2, 0) is 28.7 Å². The van der Waals surface area contributed by atoms with Gasteiger partial charge >= 0.3 is 23.9 Å². The number of carbonyl (C=O) groups excluding carboxylic acids is 2. The molecule has 4 N–H and O–H groups in total. The summed E-state index contributed by atoms with van der Waals surface area (Å²) in [6.07, 6.45) is 2.56. The Hall–Kier alpha value is -3.24. The number of aliphatic carboxylic acids is 2. The lowest BCUT2D eigenvalue weighted by Crippen LogP contribution is -2.36. The molecule has 1 atom stereocenters. The van der Waals surface area contributed by atoms with Gasteiger partial charge in [-0.15, -0.1) is 0 Å². The summed E-state index contributed by atoms with van der Waals surface area (Å²) in [6, 6.07) is 0. The minimum atomic E-state index is -1.74. The number of rotatable bonds is 17. The first-order chi connectivity index (χ1) is 16.6. The van der Waals surface area contributed by atoms with E-state index >= 15 is 0 Å². The number of hydrogen-bond donors (Lipinski definition) is 4. The van der Waals surface area contributed by atoms with Crippen molar-refractivity contribution in [1.82, 2.24) is 0 Å². The van der Waals surface area contributed by atoms with Crippen LogP contribution in [0.15, 0.2) is 47.6 Å². The molecule has 10 nitrogen and oxygen atoms in total. The summed E-state index contributed by atoms with van der Waals surface area (Å²) in [5.74, 6) is -4.24. The van der Waals surface area contributed by atoms with Crippen LogP contribution in [0.5, 0.6) is 0 Å². The van der Waals surface area contributed by atoms with Crippen molar-refractivity contribution in [2.24, 2.45) is 5.92 Å². The maximum atomic E-state index is 12.5. The van der Waals surface area contributed by atoms with Crippen LogP contribution in [0.3, 0.4) is 0 Å². The van der Waals surface area contributed by atoms with Gasteiger partial charge in [-0.3, -0.25) is 0 Å². The molecule has 0 aliphatic rings. The van der Waals surface area contributed by atoms with Crippen molar-refractivity contribution in [1.29, 1.82) is 0 Å². The van der Waals surface area contributed by atoms with E-state index in [1.807, 2.05) is 0 Å². The molecule has 0 rings (SSSR count). The highest BCUT2D eigenvalue weighted by atomic mass is 16.6. The number of hydrogen-bond acceptors (Lipinski definition) is 8. The summed E-state index contributed by atoms with van der Waals surface area (Å²) in [5.41, 5.74) is -1.79. The van der Waals surface area contributed by atoms with Crippen molar-refractivity contribution in [2.75, 3.05) is 6.61 Å². The largest absolute Gasteiger partial charge is 0.478 e. The third-order valence-electron chi connectivity index (χ3n) is 5.25. The molecule has 36 heavy (non-hydrogen) atoms. The molecular weight excluding hydrogens is 472 g/mol. The van der Waals surface area contributed by atoms with Crippen molar-refractivity contribution >= 4 is 23.9 Å². The zero-order chi connectivity index (χ0) is 28.1. The van der Waals surface area contributed by atoms with Crippen LogP contribution in [0.4, 0.5) is 0 Å². The number of carbonyl (C=O) groups is 4. The van der Waals surface area contributed by atoms with E-state index in [1.165, 1.54) is 39.8 Å². The standard InChI is InChI=1S/C26H38O10/c1-16(2)24(33)35-12-8-10-20(9-7-11-21(27)28)15-26(13-18(5)22(29)30,14-19(6)23(31)32)36-25(34)17(3)4/h13-14,20-21,27-28H,1,3,7-12,15H2,2,4-6H3,(H,29,30)(H,31,32). The van der Waals surface area contributed by atoms with Gasteiger partial charge < -0.3 is 29.9 Å². The van der Waals surface area contributed by atoms with Crippen molar-refractivity contribution in [3.05, 3.63) is 47.6 Å². The summed E-state index contributed by atoms with van der Waals surface area (Å²) in [5, 5.41) is 37.4. The number of carboxylic acid groups (broad SMARTS) is 2. The Kier molecular flexibility index (Phi) is 14.3. The Bertz CT molecular complexity index is 864. The Morgan fingerprint density at radius 2 is 1.28 bits per heavy atom. The molecule has 0 aromatic heterocycles. The van der Waals surface area contributed by atoms with Crippen LogP contribution in [0.1, 0.15) is 66.2 Å². The third-order valence-corrected chi connectivity index (χ3v) is 5.25. The van der Waals surface area contributed by atoms with Crippen LogP contribution >= 0.6 is 0 Å². The van der Waals surface area contributed by atoms with Gasteiger partial charge in [0.1, 0.15) is 0 Å². The predicted octanol–water partition coefficient (Wildman–Crippen LogP) is 3.29. The van der Waals surface area contributed by atoms with E-state index in [0.29, 0.717) is 25.7 Å². The number of carboxylic acids is 2. The molecule has 0 fully saturated rings. The fourth-order valence-electron chi connectivity index (χ4n) is 3.43. The van der Waals surface area contributed by atoms with Crippen LogP contribution in [0, 0.1) is 5.92 Å². The fraction of sp³-hybridized carbons (Fsp3) is 0.538. The van der Waals surface area contributed by atoms with Crippen molar-refractivity contribution in [3.63, 3.8) is 0 Å². The Labute approximate surface area is 211 Å². The van der Waals surface area contributed by atoms with E-state index in [0.717, 1.165) is 0 Å². The molecule has 1 unspecified atom stereocenters. The van der Waals surface area contributed by atoms with E-state index < -0.39 is 35.8 Å². The van der Waals surface area contributed by atoms with Crippen molar-refractivity contribution in [2.45, 2.75) is 78.1 Å². The Morgan fingerprint density at radius 3 is 1.69 bits per heavy atom. The Balaban J connectivity index is 6.30. The van der Waals surface area contributed by atoms with Gasteiger partial charge in [0, 0.05) is 22.3 Å². The highest BCUT2D eigenvalue weighted by Crippen LogP contribution is 2.33. The number of esters is 2. The van der Waals surface area contributed by atoms with E-state index in [9.17, 15) is 39.6 Å². The summed E-state index contributed by atoms with van der Waals surface area (Å²) in [6.45, 7) is 12.7. The van der Waals surface area contributed by atoms with E-state index in [-0.39, 0.29) is 47.7 Å². The van der Waals surface area contributed by atoms with Gasteiger partial charge in [0.25, 0.3) is 0 Å². The number of aliphatic hydroxyl groups excluding tert-OH is 1. The summed E-state index contributed by atoms with van der Waals surface area (Å²) in [7, 11) is 0. The SMILES string of the molecule is C=C(C)C(=O)OCCCC(CCCC(O)O)CC(C=C(C)C(=O)O)(C=C(C)C(=O)O)OC(=O)C(=C)C. The van der Waals surface area contributed by atoms with Gasteiger partial charge in [-0.1, -0.05) is 19.6 Å². The maximum Gasteiger partial charge on any atom is 0.334 e. The first-order valence-electron chi connectivity index (χ1n) is 11.5. The minimum absolute atomic E-state index is 0.00276. The van der Waals surface area contributed by atoms with Crippen LogP contribution < -0.4 is 0 Å². The molecule has 10 heteroatoms. The molecule has 202 valence electrons. The lowest BCUT2D eigenvalue weighted by atomic mass is 9.82. The number of aliphatic hydroxyl groups is 2. The third kappa shape index (κ3) is 13.0. The molecule has 0 heterocycles. The van der Waals surface area contributed by atoms with Gasteiger partial charge in [0.15, 0.2) is 11.9 Å². The summed E-state index contributed by atoms with van der Waals surface area (Å²) >= 11 is 0. The molecule has 0 aliphatic carbocycles. The zero-order valence-electron chi connectivity index (χ0n) is 21.4. The Morgan fingerprint density at radius 1 is 0.806 bits per heavy atom. The van der Waals surface area contributed by atoms with Crippen LogP contribution in [0.2, 0.25) is 0 Å². The summed E-state index contributed by atoms with van der Waals surface area (Å²) in [4.78, 5) is 47.4. The summed E-state index contributed by atoms with van der Waals surface area (Å²) < 4.78 is 10.8. The van der Waals surface area contributed by atoms with E-state index in [1.54, 1.807) is 0 Å². The normalized spacial score (nSPS) is 14.5. The topological polar surface area (TPSA) is 168 Å². The second kappa shape index (κ2) is 15.7. The molecule has 0 aromatic carbocycles. The van der Waals surface area contributed by atoms with Gasteiger partial charge in [-0.25, -0.2) is 19.2 Å². The highest BCUT2D eigenvalue weighted by molar-refractivity contribution is 5.90. The average molecular weight is 511 g/mol. The molecule has 0 saturated heterocycles. The smallest absolute Gasteiger partial charge is 0.334 e. The van der Waals surface area contributed by atoms with E-state index in [4.69, 9.17) is 9.47 Å². The number of ether oxygens (including phenoxy) is 2. The lowest BCUT2D eigenvalue weighted by molar-refractivity contribution is -0.149. The van der Waals surface area contributed by atoms with E-state index in [2.05, 4.69) is 13.2 Å². The second-order valence-corrected chi connectivity index (χ2v) is 8.93. The monoisotopic (exact) mass is 510 g/mol. The molecule has 0 bridgehead atoms. The zero-order valence-corrected chi connectivity index (χ0v) is 21.4. The van der Waals surface area contributed by atoms with Crippen LogP contribution in [-0.4, -0.2) is 62.8 Å². The van der Waals surface area contributed by atoms with Gasteiger partial charge in [-0.2, -0.15) is 0 Å². The maximum absolute atomic E-state index is 12.5. The first kappa shape index (κ1) is 32.8. The lowest BCUT2D eigenvalue weighted by Gasteiger charge is -2.33. The average Bonchev–Trinajstić information content (AvgIpc) is 2.75. The fourth-order valence-corrected chi connectivity index (χ4v) is 3.43. The molecule has 0 saturated carbocycles. The van der Waals surface area contributed by atoms with Crippen LogP contribution in [0.25, 0.3) is 0 Å². The predicted molar refractivity (Wildman–Crippen MR) is 132 cm³/mol. The molecule has 0 amide bonds. The van der Waals surface area contributed by atoms with Gasteiger partial charge in [0.05, 0.1) is 6.61 Å².